The fraction of sp³-hybridized carbons (Fsp3) is 0.231. The Bertz CT molecular complexity index is 745. The molecule has 0 spiro atoms. The second-order valence-corrected chi connectivity index (χ2v) is 5.18. The number of carbonyl (C=O) groups is 1. The Morgan fingerprint density at radius 2 is 2.20 bits per heavy atom. The standard InChI is InChI=1S/C13H12ClFN2O2S/c14-6-3-8-12(9(15)4-6)17-10(5-11(16)19)7(1-2-18)13(8)20/h3-4,18H,1-2,5H2,(H2,16,19)(H,17,20). The summed E-state index contributed by atoms with van der Waals surface area (Å²) in [6.45, 7) is -0.141. The molecule has 2 rings (SSSR count). The minimum atomic E-state index is -0.566. The van der Waals surface area contributed by atoms with Crippen LogP contribution in [-0.4, -0.2) is 22.6 Å². The molecule has 1 aromatic carbocycles. The molecule has 20 heavy (non-hydrogen) atoms. The highest BCUT2D eigenvalue weighted by Gasteiger charge is 2.14. The van der Waals surface area contributed by atoms with Crippen LogP contribution >= 0.6 is 23.8 Å². The number of carbonyl (C=O) groups excluding carboxylic acids is 1. The summed E-state index contributed by atoms with van der Waals surface area (Å²) >= 11 is 11.1. The molecule has 0 saturated carbocycles. The van der Waals surface area contributed by atoms with E-state index in [-0.39, 0.29) is 30.0 Å². The van der Waals surface area contributed by atoms with Crippen molar-refractivity contribution in [3.05, 3.63) is 38.7 Å². The van der Waals surface area contributed by atoms with Crippen LogP contribution in [-0.2, 0) is 17.6 Å². The fourth-order valence-corrected chi connectivity index (χ4v) is 2.70. The zero-order valence-electron chi connectivity index (χ0n) is 10.4. The summed E-state index contributed by atoms with van der Waals surface area (Å²) in [5.41, 5.74) is 6.35. The van der Waals surface area contributed by atoms with E-state index >= 15 is 0 Å². The van der Waals surface area contributed by atoms with E-state index in [2.05, 4.69) is 4.98 Å². The summed E-state index contributed by atoms with van der Waals surface area (Å²) in [5.74, 6) is -1.12. The van der Waals surface area contributed by atoms with Gasteiger partial charge in [-0.1, -0.05) is 23.8 Å². The lowest BCUT2D eigenvalue weighted by atomic mass is 10.0. The maximum atomic E-state index is 13.9. The van der Waals surface area contributed by atoms with Crippen LogP contribution in [0.5, 0.6) is 0 Å². The van der Waals surface area contributed by atoms with Crippen molar-refractivity contribution >= 4 is 40.6 Å². The number of pyridine rings is 1. The first-order valence-corrected chi connectivity index (χ1v) is 6.64. The first kappa shape index (κ1) is 14.9. The van der Waals surface area contributed by atoms with Crippen LogP contribution in [0.3, 0.4) is 0 Å². The quantitative estimate of drug-likeness (QED) is 0.757. The van der Waals surface area contributed by atoms with E-state index in [0.717, 1.165) is 6.07 Å². The number of aliphatic hydroxyl groups is 1. The fourth-order valence-electron chi connectivity index (χ4n) is 2.11. The zero-order chi connectivity index (χ0) is 14.9. The van der Waals surface area contributed by atoms with Gasteiger partial charge in [-0.05, 0) is 24.1 Å². The van der Waals surface area contributed by atoms with Crippen molar-refractivity contribution < 1.29 is 14.3 Å². The molecule has 0 aliphatic carbocycles. The monoisotopic (exact) mass is 314 g/mol. The number of aliphatic hydroxyl groups excluding tert-OH is 1. The van der Waals surface area contributed by atoms with Gasteiger partial charge < -0.3 is 15.8 Å². The Kier molecular flexibility index (Phi) is 4.37. The minimum absolute atomic E-state index is 0.100. The van der Waals surface area contributed by atoms with Gasteiger partial charge in [0.15, 0.2) is 0 Å². The summed E-state index contributed by atoms with van der Waals surface area (Å²) in [4.78, 5) is 13.9. The lowest BCUT2D eigenvalue weighted by molar-refractivity contribution is -0.117. The second kappa shape index (κ2) is 5.87. The first-order chi connectivity index (χ1) is 9.43. The zero-order valence-corrected chi connectivity index (χ0v) is 11.9. The van der Waals surface area contributed by atoms with E-state index in [1.54, 1.807) is 6.07 Å². The van der Waals surface area contributed by atoms with Crippen LogP contribution in [0.1, 0.15) is 11.3 Å². The smallest absolute Gasteiger partial charge is 0.223 e. The number of H-pyrrole nitrogens is 1. The highest BCUT2D eigenvalue weighted by Crippen LogP contribution is 2.26. The van der Waals surface area contributed by atoms with Crippen molar-refractivity contribution in [2.24, 2.45) is 5.73 Å². The number of fused-ring (bicyclic) bond motifs is 1. The van der Waals surface area contributed by atoms with Gasteiger partial charge in [0.1, 0.15) is 5.82 Å². The molecule has 1 aromatic heterocycles. The van der Waals surface area contributed by atoms with E-state index in [4.69, 9.17) is 34.7 Å². The number of benzene rings is 1. The normalized spacial score (nSPS) is 10.9. The Balaban J connectivity index is 2.81. The average molecular weight is 315 g/mol. The number of nitrogens with two attached hydrogens (primary N) is 1. The van der Waals surface area contributed by atoms with Gasteiger partial charge in [0.2, 0.25) is 5.91 Å². The molecule has 0 fully saturated rings. The topological polar surface area (TPSA) is 79.1 Å². The Morgan fingerprint density at radius 1 is 1.50 bits per heavy atom. The number of aromatic nitrogens is 1. The van der Waals surface area contributed by atoms with Gasteiger partial charge in [-0.3, -0.25) is 4.79 Å². The van der Waals surface area contributed by atoms with Gasteiger partial charge in [-0.15, -0.1) is 0 Å². The lowest BCUT2D eigenvalue weighted by Crippen LogP contribution is -2.17. The maximum absolute atomic E-state index is 13.9. The molecule has 0 saturated heterocycles. The van der Waals surface area contributed by atoms with Gasteiger partial charge >= 0.3 is 0 Å². The number of primary amides is 1. The average Bonchev–Trinajstić information content (AvgIpc) is 2.35. The molecule has 7 heteroatoms. The van der Waals surface area contributed by atoms with E-state index in [9.17, 15) is 9.18 Å². The summed E-state index contributed by atoms with van der Waals surface area (Å²) in [5, 5.41) is 9.78. The molecular formula is C13H12ClFN2O2S. The van der Waals surface area contributed by atoms with Crippen LogP contribution in [0.4, 0.5) is 4.39 Å². The molecule has 1 amide bonds. The van der Waals surface area contributed by atoms with Crippen molar-refractivity contribution in [3.63, 3.8) is 0 Å². The van der Waals surface area contributed by atoms with Crippen molar-refractivity contribution in [1.29, 1.82) is 0 Å². The van der Waals surface area contributed by atoms with E-state index in [1.165, 1.54) is 0 Å². The Hall–Kier alpha value is -1.50. The predicted molar refractivity (Wildman–Crippen MR) is 77.8 cm³/mol. The lowest BCUT2D eigenvalue weighted by Gasteiger charge is -2.12. The molecule has 0 unspecified atom stereocenters. The van der Waals surface area contributed by atoms with Crippen LogP contribution in [0, 0.1) is 10.3 Å². The van der Waals surface area contributed by atoms with Crippen LogP contribution in [0.25, 0.3) is 10.9 Å². The number of hydrogen-bond acceptors (Lipinski definition) is 3. The van der Waals surface area contributed by atoms with Gasteiger partial charge in [-0.25, -0.2) is 4.39 Å². The third kappa shape index (κ3) is 2.82. The van der Waals surface area contributed by atoms with E-state index in [1.807, 2.05) is 0 Å². The van der Waals surface area contributed by atoms with Crippen molar-refractivity contribution in [2.45, 2.75) is 12.8 Å². The summed E-state index contributed by atoms with van der Waals surface area (Å²) in [6, 6.07) is 2.71. The third-order valence-electron chi connectivity index (χ3n) is 2.93. The molecule has 0 aliphatic heterocycles. The molecule has 106 valence electrons. The van der Waals surface area contributed by atoms with Crippen LogP contribution in [0.15, 0.2) is 12.1 Å². The molecular weight excluding hydrogens is 303 g/mol. The molecule has 0 bridgehead atoms. The Morgan fingerprint density at radius 3 is 2.80 bits per heavy atom. The Labute approximate surface area is 124 Å². The number of nitrogens with one attached hydrogen (secondary N) is 1. The van der Waals surface area contributed by atoms with Crippen molar-refractivity contribution in [1.82, 2.24) is 4.98 Å². The minimum Gasteiger partial charge on any atom is -0.396 e. The van der Waals surface area contributed by atoms with Crippen molar-refractivity contribution in [3.8, 4) is 0 Å². The van der Waals surface area contributed by atoms with Gasteiger partial charge in [0.05, 0.1) is 16.4 Å². The van der Waals surface area contributed by atoms with E-state index in [0.29, 0.717) is 21.2 Å². The van der Waals surface area contributed by atoms with Crippen LogP contribution in [0.2, 0.25) is 5.02 Å². The number of rotatable bonds is 4. The summed E-state index contributed by atoms with van der Waals surface area (Å²) in [7, 11) is 0. The SMILES string of the molecule is NC(=O)Cc1[nH]c2c(F)cc(Cl)cc2c(=S)c1CCO. The predicted octanol–water partition coefficient (Wildman–Crippen LogP) is 2.25. The highest BCUT2D eigenvalue weighted by atomic mass is 35.5. The highest BCUT2D eigenvalue weighted by molar-refractivity contribution is 7.71. The van der Waals surface area contributed by atoms with Gasteiger partial charge in [0, 0.05) is 22.7 Å². The molecule has 4 N–H and O–H groups in total. The maximum Gasteiger partial charge on any atom is 0.223 e. The molecule has 2 aromatic rings. The number of hydrogen-bond donors (Lipinski definition) is 3. The van der Waals surface area contributed by atoms with Crippen LogP contribution < -0.4 is 5.73 Å². The molecule has 0 radical (unpaired) electrons. The molecule has 1 heterocycles. The number of aromatic amines is 1. The molecule has 0 atom stereocenters. The summed E-state index contributed by atoms with van der Waals surface area (Å²) < 4.78 is 14.3. The van der Waals surface area contributed by atoms with E-state index < -0.39 is 11.7 Å². The van der Waals surface area contributed by atoms with Crippen molar-refractivity contribution in [2.75, 3.05) is 6.61 Å². The molecule has 4 nitrogen and oxygen atoms in total. The number of amides is 1. The largest absolute Gasteiger partial charge is 0.396 e. The third-order valence-corrected chi connectivity index (χ3v) is 3.61. The number of halogens is 2. The second-order valence-electron chi connectivity index (χ2n) is 4.34. The van der Waals surface area contributed by atoms with Gasteiger partial charge in [0.25, 0.3) is 0 Å². The summed E-state index contributed by atoms with van der Waals surface area (Å²) in [6.07, 6.45) is 0.152. The van der Waals surface area contributed by atoms with Gasteiger partial charge in [-0.2, -0.15) is 0 Å². The molecule has 0 aliphatic rings. The first-order valence-electron chi connectivity index (χ1n) is 5.86.